The van der Waals surface area contributed by atoms with Gasteiger partial charge in [0, 0.05) is 18.3 Å². The predicted molar refractivity (Wildman–Crippen MR) is 66.3 cm³/mol. The van der Waals surface area contributed by atoms with Crippen molar-refractivity contribution in [3.63, 3.8) is 0 Å². The lowest BCUT2D eigenvalue weighted by molar-refractivity contribution is 0.502. The fourth-order valence-corrected chi connectivity index (χ4v) is 2.35. The van der Waals surface area contributed by atoms with Gasteiger partial charge in [0.25, 0.3) is 0 Å². The van der Waals surface area contributed by atoms with E-state index in [0.29, 0.717) is 6.42 Å². The Morgan fingerprint density at radius 1 is 1.59 bits per heavy atom. The van der Waals surface area contributed by atoms with Crippen molar-refractivity contribution in [3.8, 4) is 0 Å². The molecule has 1 unspecified atom stereocenters. The highest BCUT2D eigenvalue weighted by molar-refractivity contribution is 7.09. The van der Waals surface area contributed by atoms with Crippen LogP contribution in [0.3, 0.4) is 0 Å². The van der Waals surface area contributed by atoms with Crippen LogP contribution in [0.4, 0.5) is 0 Å². The van der Waals surface area contributed by atoms with Crippen molar-refractivity contribution in [2.45, 2.75) is 32.9 Å². The maximum absolute atomic E-state index is 5.58. The molecule has 2 rings (SSSR count). The summed E-state index contributed by atoms with van der Waals surface area (Å²) in [5.74, 6) is 6.50. The topological polar surface area (TPSA) is 81.7 Å². The van der Waals surface area contributed by atoms with Crippen molar-refractivity contribution in [3.05, 3.63) is 28.2 Å². The van der Waals surface area contributed by atoms with E-state index in [0.717, 1.165) is 23.1 Å². The zero-order chi connectivity index (χ0) is 12.3. The lowest BCUT2D eigenvalue weighted by Crippen LogP contribution is -2.30. The molecule has 17 heavy (non-hydrogen) atoms. The van der Waals surface area contributed by atoms with Crippen molar-refractivity contribution in [1.29, 1.82) is 0 Å². The third-order valence-corrected chi connectivity index (χ3v) is 3.37. The van der Waals surface area contributed by atoms with Gasteiger partial charge in [-0.25, -0.2) is 9.97 Å². The van der Waals surface area contributed by atoms with E-state index >= 15 is 0 Å². The Bertz CT molecular complexity index is 477. The molecular weight excluding hydrogens is 236 g/mol. The first-order valence-electron chi connectivity index (χ1n) is 5.49. The van der Waals surface area contributed by atoms with Crippen molar-refractivity contribution in [2.75, 3.05) is 0 Å². The first kappa shape index (κ1) is 12.2. The molecule has 2 aromatic heterocycles. The number of nitrogens with zero attached hydrogens (tertiary/aromatic N) is 4. The molecule has 0 saturated carbocycles. The van der Waals surface area contributed by atoms with Crippen LogP contribution in [0.5, 0.6) is 0 Å². The molecule has 0 bridgehead atoms. The molecule has 0 amide bonds. The third-order valence-electron chi connectivity index (χ3n) is 2.58. The second-order valence-corrected chi connectivity index (χ2v) is 4.77. The molecule has 1 atom stereocenters. The van der Waals surface area contributed by atoms with Gasteiger partial charge in [-0.3, -0.25) is 16.0 Å². The highest BCUT2D eigenvalue weighted by Gasteiger charge is 2.16. The number of hydrogen-bond donors (Lipinski definition) is 2. The number of thiazole rings is 1. The van der Waals surface area contributed by atoms with Crippen LogP contribution in [-0.2, 0) is 13.0 Å². The summed E-state index contributed by atoms with van der Waals surface area (Å²) in [7, 11) is 0. The summed E-state index contributed by atoms with van der Waals surface area (Å²) in [5, 5.41) is 7.20. The molecule has 0 saturated heterocycles. The lowest BCUT2D eigenvalue weighted by atomic mass is 10.1. The van der Waals surface area contributed by atoms with Crippen LogP contribution < -0.4 is 11.3 Å². The third kappa shape index (κ3) is 2.68. The SMILES string of the molecule is CCn1ncnc1CC(NN)c1csc(C)n1. The number of hydrogen-bond acceptors (Lipinski definition) is 6. The Morgan fingerprint density at radius 3 is 3.00 bits per heavy atom. The molecule has 0 spiro atoms. The highest BCUT2D eigenvalue weighted by atomic mass is 32.1. The average molecular weight is 252 g/mol. The van der Waals surface area contributed by atoms with Gasteiger partial charge in [0.05, 0.1) is 16.7 Å². The fraction of sp³-hybridized carbons (Fsp3) is 0.500. The van der Waals surface area contributed by atoms with Gasteiger partial charge in [-0.2, -0.15) is 5.10 Å². The van der Waals surface area contributed by atoms with Gasteiger partial charge < -0.3 is 0 Å². The molecule has 2 aromatic rings. The number of rotatable bonds is 5. The smallest absolute Gasteiger partial charge is 0.138 e. The molecule has 6 nitrogen and oxygen atoms in total. The molecule has 0 aliphatic heterocycles. The first-order valence-corrected chi connectivity index (χ1v) is 6.37. The summed E-state index contributed by atoms with van der Waals surface area (Å²) >= 11 is 1.62. The number of hydrazine groups is 1. The molecule has 2 heterocycles. The molecule has 0 aliphatic carbocycles. The van der Waals surface area contributed by atoms with Crippen molar-refractivity contribution < 1.29 is 0 Å². The lowest BCUT2D eigenvalue weighted by Gasteiger charge is -2.13. The molecule has 0 radical (unpaired) electrons. The molecule has 0 fully saturated rings. The number of nitrogens with one attached hydrogen (secondary N) is 1. The molecule has 3 N–H and O–H groups in total. The van der Waals surface area contributed by atoms with Crippen molar-refractivity contribution in [2.24, 2.45) is 5.84 Å². The number of aryl methyl sites for hydroxylation is 2. The quantitative estimate of drug-likeness (QED) is 0.608. The minimum atomic E-state index is -0.0190. The van der Waals surface area contributed by atoms with Gasteiger partial charge in [-0.05, 0) is 13.8 Å². The Hall–Kier alpha value is -1.31. The Morgan fingerprint density at radius 2 is 2.41 bits per heavy atom. The Labute approximate surface area is 104 Å². The van der Waals surface area contributed by atoms with E-state index < -0.39 is 0 Å². The van der Waals surface area contributed by atoms with E-state index in [1.54, 1.807) is 17.7 Å². The van der Waals surface area contributed by atoms with Crippen LogP contribution in [0.2, 0.25) is 0 Å². The van der Waals surface area contributed by atoms with E-state index in [-0.39, 0.29) is 6.04 Å². The summed E-state index contributed by atoms with van der Waals surface area (Å²) in [6.45, 7) is 4.83. The first-order chi connectivity index (χ1) is 8.24. The van der Waals surface area contributed by atoms with Crippen LogP contribution in [0.1, 0.15) is 29.5 Å². The predicted octanol–water partition coefficient (Wildman–Crippen LogP) is 0.810. The fourth-order valence-electron chi connectivity index (χ4n) is 1.68. The van der Waals surface area contributed by atoms with Crippen LogP contribution >= 0.6 is 11.3 Å². The van der Waals surface area contributed by atoms with Gasteiger partial charge in [-0.1, -0.05) is 0 Å². The van der Waals surface area contributed by atoms with Crippen LogP contribution in [0.15, 0.2) is 11.7 Å². The highest BCUT2D eigenvalue weighted by Crippen LogP contribution is 2.18. The van der Waals surface area contributed by atoms with Crippen LogP contribution in [-0.4, -0.2) is 19.7 Å². The monoisotopic (exact) mass is 252 g/mol. The van der Waals surface area contributed by atoms with Gasteiger partial charge in [0.15, 0.2) is 0 Å². The van der Waals surface area contributed by atoms with Crippen LogP contribution in [0, 0.1) is 6.92 Å². The zero-order valence-corrected chi connectivity index (χ0v) is 10.7. The molecule has 0 aromatic carbocycles. The summed E-state index contributed by atoms with van der Waals surface area (Å²) in [5.41, 5.74) is 3.74. The van der Waals surface area contributed by atoms with Crippen LogP contribution in [0.25, 0.3) is 0 Å². The van der Waals surface area contributed by atoms with E-state index in [1.165, 1.54) is 0 Å². The maximum atomic E-state index is 5.58. The average Bonchev–Trinajstić information content (AvgIpc) is 2.94. The summed E-state index contributed by atoms with van der Waals surface area (Å²) in [6.07, 6.45) is 2.26. The maximum Gasteiger partial charge on any atom is 0.138 e. The van der Waals surface area contributed by atoms with Crippen molar-refractivity contribution in [1.82, 2.24) is 25.2 Å². The summed E-state index contributed by atoms with van der Waals surface area (Å²) < 4.78 is 1.86. The number of aromatic nitrogens is 4. The van der Waals surface area contributed by atoms with E-state index in [4.69, 9.17) is 5.84 Å². The van der Waals surface area contributed by atoms with Crippen molar-refractivity contribution >= 4 is 11.3 Å². The summed E-state index contributed by atoms with van der Waals surface area (Å²) in [4.78, 5) is 8.68. The van der Waals surface area contributed by atoms with E-state index in [2.05, 4.69) is 20.5 Å². The molecule has 92 valence electrons. The number of nitrogens with two attached hydrogens (primary N) is 1. The Balaban J connectivity index is 2.15. The molecular formula is C10H16N6S. The van der Waals surface area contributed by atoms with E-state index in [1.807, 2.05) is 23.9 Å². The second-order valence-electron chi connectivity index (χ2n) is 3.71. The molecule has 7 heteroatoms. The van der Waals surface area contributed by atoms with Gasteiger partial charge >= 0.3 is 0 Å². The minimum Gasteiger partial charge on any atom is -0.271 e. The standard InChI is InChI=1S/C10H16N6S/c1-3-16-10(12-6-13-16)4-8(15-11)9-5-17-7(2)14-9/h5-6,8,15H,3-4,11H2,1-2H3. The van der Waals surface area contributed by atoms with Gasteiger partial charge in [0.1, 0.15) is 12.2 Å². The Kier molecular flexibility index (Phi) is 3.82. The summed E-state index contributed by atoms with van der Waals surface area (Å²) in [6, 6.07) is -0.0190. The van der Waals surface area contributed by atoms with E-state index in [9.17, 15) is 0 Å². The molecule has 0 aliphatic rings. The van der Waals surface area contributed by atoms with Gasteiger partial charge in [0.2, 0.25) is 0 Å². The minimum absolute atomic E-state index is 0.0190. The normalized spacial score (nSPS) is 12.9. The second kappa shape index (κ2) is 5.35. The largest absolute Gasteiger partial charge is 0.271 e. The zero-order valence-electron chi connectivity index (χ0n) is 9.92. The van der Waals surface area contributed by atoms with Gasteiger partial charge in [-0.15, -0.1) is 11.3 Å².